The number of benzene rings is 2. The number of rotatable bonds is 7. The van der Waals surface area contributed by atoms with Gasteiger partial charge in [-0.2, -0.15) is 0 Å². The van der Waals surface area contributed by atoms with Crippen molar-refractivity contribution >= 4 is 46.3 Å². The van der Waals surface area contributed by atoms with Gasteiger partial charge in [0, 0.05) is 44.0 Å². The molecule has 0 saturated carbocycles. The lowest BCUT2D eigenvalue weighted by atomic mass is 10.1. The fourth-order valence-electron chi connectivity index (χ4n) is 4.79. The van der Waals surface area contributed by atoms with E-state index in [-0.39, 0.29) is 23.4 Å². The molecule has 0 aliphatic carbocycles. The van der Waals surface area contributed by atoms with Crippen LogP contribution in [0.15, 0.2) is 66.7 Å². The third-order valence-electron chi connectivity index (χ3n) is 7.08. The van der Waals surface area contributed by atoms with Gasteiger partial charge < -0.3 is 20.4 Å². The summed E-state index contributed by atoms with van der Waals surface area (Å²) in [5.74, 6) is -0.555. The zero-order valence-electron chi connectivity index (χ0n) is 23.0. The van der Waals surface area contributed by atoms with Crippen molar-refractivity contribution < 1.29 is 18.8 Å². The molecule has 41 heavy (non-hydrogen) atoms. The molecule has 1 aliphatic heterocycles. The van der Waals surface area contributed by atoms with Gasteiger partial charge >= 0.3 is 0 Å². The van der Waals surface area contributed by atoms with E-state index in [1.807, 2.05) is 48.3 Å². The van der Waals surface area contributed by atoms with Gasteiger partial charge in [0.05, 0.1) is 16.3 Å². The number of hydrogen-bond acceptors (Lipinski definition) is 6. The van der Waals surface area contributed by atoms with Gasteiger partial charge in [-0.3, -0.25) is 14.4 Å². The lowest BCUT2D eigenvalue weighted by molar-refractivity contribution is -0.120. The second-order valence-electron chi connectivity index (χ2n) is 9.80. The van der Waals surface area contributed by atoms with Crippen LogP contribution in [-0.2, 0) is 11.2 Å². The van der Waals surface area contributed by atoms with E-state index in [0.29, 0.717) is 47.9 Å². The predicted molar refractivity (Wildman–Crippen MR) is 160 cm³/mol. The molecule has 3 amide bonds. The van der Waals surface area contributed by atoms with Crippen molar-refractivity contribution in [1.29, 1.82) is 0 Å². The Labute approximate surface area is 241 Å². The summed E-state index contributed by atoms with van der Waals surface area (Å²) in [6, 6.07) is 19.4. The molecular weight excluding hydrogens is 541 g/mol. The molecule has 2 N–H and O–H groups in total. The van der Waals surface area contributed by atoms with Crippen LogP contribution >= 0.6 is 11.3 Å². The summed E-state index contributed by atoms with van der Waals surface area (Å²) in [5, 5.41) is 5.33. The van der Waals surface area contributed by atoms with Gasteiger partial charge in [0.25, 0.3) is 11.8 Å². The Balaban J connectivity index is 1.41. The van der Waals surface area contributed by atoms with Crippen molar-refractivity contribution in [2.45, 2.75) is 19.8 Å². The number of aryl methyl sites for hydroxylation is 1. The largest absolute Gasteiger partial charge is 0.359 e. The number of fused-ring (bicyclic) bond motifs is 3. The summed E-state index contributed by atoms with van der Waals surface area (Å²) in [7, 11) is 3.43. The third-order valence-corrected chi connectivity index (χ3v) is 8.29. The van der Waals surface area contributed by atoms with Crippen LogP contribution in [0.25, 0.3) is 10.4 Å². The molecule has 0 saturated heterocycles. The molecule has 1 aliphatic rings. The van der Waals surface area contributed by atoms with Crippen LogP contribution in [-0.4, -0.2) is 49.9 Å². The van der Waals surface area contributed by atoms with E-state index in [1.165, 1.54) is 17.4 Å². The molecule has 0 atom stereocenters. The van der Waals surface area contributed by atoms with E-state index in [1.54, 1.807) is 43.1 Å². The number of pyridine rings is 1. The van der Waals surface area contributed by atoms with Gasteiger partial charge in [-0.05, 0) is 54.8 Å². The highest BCUT2D eigenvalue weighted by Gasteiger charge is 2.28. The molecule has 210 valence electrons. The van der Waals surface area contributed by atoms with Crippen LogP contribution in [0.3, 0.4) is 0 Å². The lowest BCUT2D eigenvalue weighted by Gasteiger charge is -2.24. The quantitative estimate of drug-likeness (QED) is 0.315. The molecule has 2 aromatic carbocycles. The number of amides is 3. The van der Waals surface area contributed by atoms with Crippen LogP contribution in [0.2, 0.25) is 0 Å². The van der Waals surface area contributed by atoms with Crippen molar-refractivity contribution in [3.05, 3.63) is 94.2 Å². The van der Waals surface area contributed by atoms with E-state index in [0.717, 1.165) is 21.7 Å². The number of carbonyl (C=O) groups excluding carboxylic acids is 3. The Kier molecular flexibility index (Phi) is 8.11. The average molecular weight is 572 g/mol. The van der Waals surface area contributed by atoms with Crippen LogP contribution in [0.1, 0.15) is 37.7 Å². The SMILES string of the molecule is CNC(=O)CCN(C)c1cccc(C(=O)N2CCc3cc(C(=O)Nc4c(C)cccc4F)sc3-c3ccccc32)n1. The van der Waals surface area contributed by atoms with Crippen molar-refractivity contribution in [3.63, 3.8) is 0 Å². The molecule has 5 rings (SSSR count). The number of para-hydroxylation sites is 2. The molecule has 8 nitrogen and oxygen atoms in total. The predicted octanol–water partition coefficient (Wildman–Crippen LogP) is 5.29. The highest BCUT2D eigenvalue weighted by atomic mass is 32.1. The second-order valence-corrected chi connectivity index (χ2v) is 10.9. The number of hydrogen-bond donors (Lipinski definition) is 2. The highest BCUT2D eigenvalue weighted by Crippen LogP contribution is 2.42. The first kappa shape index (κ1) is 28.0. The van der Waals surface area contributed by atoms with Gasteiger partial charge in [-0.15, -0.1) is 11.3 Å². The number of anilines is 3. The fourth-order valence-corrected chi connectivity index (χ4v) is 5.93. The topological polar surface area (TPSA) is 94.6 Å². The summed E-state index contributed by atoms with van der Waals surface area (Å²) in [4.78, 5) is 48.1. The summed E-state index contributed by atoms with van der Waals surface area (Å²) in [5.41, 5.74) is 3.64. The minimum Gasteiger partial charge on any atom is -0.359 e. The van der Waals surface area contributed by atoms with Crippen molar-refractivity contribution in [2.24, 2.45) is 0 Å². The monoisotopic (exact) mass is 571 g/mol. The Morgan fingerprint density at radius 2 is 1.85 bits per heavy atom. The maximum Gasteiger partial charge on any atom is 0.276 e. The number of thiophene rings is 1. The number of nitrogens with one attached hydrogen (secondary N) is 2. The molecule has 0 radical (unpaired) electrons. The zero-order chi connectivity index (χ0) is 29.1. The average Bonchev–Trinajstić information content (AvgIpc) is 3.35. The number of aromatic nitrogens is 1. The van der Waals surface area contributed by atoms with Gasteiger partial charge in [-0.25, -0.2) is 9.37 Å². The minimum atomic E-state index is -0.480. The molecule has 4 aromatic rings. The van der Waals surface area contributed by atoms with E-state index in [4.69, 9.17) is 0 Å². The van der Waals surface area contributed by atoms with E-state index < -0.39 is 5.82 Å². The van der Waals surface area contributed by atoms with Crippen LogP contribution in [0, 0.1) is 12.7 Å². The molecule has 0 unspecified atom stereocenters. The molecule has 0 spiro atoms. The molecule has 3 heterocycles. The number of halogens is 1. The first-order valence-electron chi connectivity index (χ1n) is 13.3. The first-order valence-corrected chi connectivity index (χ1v) is 14.1. The normalized spacial score (nSPS) is 12.1. The van der Waals surface area contributed by atoms with Crippen LogP contribution in [0.4, 0.5) is 21.6 Å². The van der Waals surface area contributed by atoms with Crippen LogP contribution in [0.5, 0.6) is 0 Å². The summed E-state index contributed by atoms with van der Waals surface area (Å²) >= 11 is 1.33. The Morgan fingerprint density at radius 3 is 2.63 bits per heavy atom. The van der Waals surface area contributed by atoms with E-state index >= 15 is 0 Å². The first-order chi connectivity index (χ1) is 19.8. The third kappa shape index (κ3) is 5.83. The fraction of sp³-hybridized carbons (Fsp3) is 0.226. The molecular formula is C31H30FN5O3S. The summed E-state index contributed by atoms with van der Waals surface area (Å²) < 4.78 is 14.3. The molecule has 2 aromatic heterocycles. The van der Waals surface area contributed by atoms with Gasteiger partial charge in [0.2, 0.25) is 5.91 Å². The highest BCUT2D eigenvalue weighted by molar-refractivity contribution is 7.17. The second kappa shape index (κ2) is 11.9. The van der Waals surface area contributed by atoms with E-state index in [9.17, 15) is 18.8 Å². The van der Waals surface area contributed by atoms with E-state index in [2.05, 4.69) is 15.6 Å². The number of nitrogens with zero attached hydrogens (tertiary/aromatic N) is 3. The zero-order valence-corrected chi connectivity index (χ0v) is 23.8. The minimum absolute atomic E-state index is 0.0688. The lowest BCUT2D eigenvalue weighted by Crippen LogP contribution is -2.33. The van der Waals surface area contributed by atoms with Crippen molar-refractivity contribution in [2.75, 3.05) is 42.3 Å². The summed E-state index contributed by atoms with van der Waals surface area (Å²) in [6.07, 6.45) is 0.846. The Bertz CT molecular complexity index is 1620. The van der Waals surface area contributed by atoms with Crippen LogP contribution < -0.4 is 20.4 Å². The maximum atomic E-state index is 14.3. The molecule has 10 heteroatoms. The Morgan fingerprint density at radius 1 is 1.07 bits per heavy atom. The van der Waals surface area contributed by atoms with Gasteiger partial charge in [0.15, 0.2) is 0 Å². The molecule has 0 fully saturated rings. The van der Waals surface area contributed by atoms with Gasteiger partial charge in [-0.1, -0.05) is 36.4 Å². The standard InChI is InChI=1S/C31H30FN5O3S/c1-19-8-6-10-22(32)28(19)35-30(39)25-18-20-14-17-37(24-12-5-4-9-21(24)29(20)41-25)31(40)23-11-7-13-26(34-23)36(3)16-15-27(38)33-2/h4-13,18H,14-17H2,1-3H3,(H,33,38)(H,35,39). The Hall–Kier alpha value is -4.57. The molecule has 0 bridgehead atoms. The maximum absolute atomic E-state index is 14.3. The van der Waals surface area contributed by atoms with Crippen molar-refractivity contribution in [3.8, 4) is 10.4 Å². The number of carbonyl (C=O) groups is 3. The van der Waals surface area contributed by atoms with Crippen molar-refractivity contribution in [1.82, 2.24) is 10.3 Å². The van der Waals surface area contributed by atoms with Gasteiger partial charge in [0.1, 0.15) is 17.3 Å². The smallest absolute Gasteiger partial charge is 0.276 e. The summed E-state index contributed by atoms with van der Waals surface area (Å²) in [6.45, 7) is 2.60.